The maximum atomic E-state index is 14.0. The molecule has 13 heteroatoms. The van der Waals surface area contributed by atoms with Crippen molar-refractivity contribution < 1.29 is 32.7 Å². The van der Waals surface area contributed by atoms with Crippen LogP contribution >= 0.6 is 12.4 Å². The average molecular weight is 578 g/mol. The summed E-state index contributed by atoms with van der Waals surface area (Å²) in [5.74, 6) is -0.970. The first-order valence-electron chi connectivity index (χ1n) is 12.5. The molecule has 2 atom stereocenters. The minimum atomic E-state index is -4.73. The van der Waals surface area contributed by atoms with Crippen LogP contribution in [0.3, 0.4) is 0 Å². The predicted molar refractivity (Wildman–Crippen MR) is 141 cm³/mol. The fraction of sp³-hybridized carbons (Fsp3) is 0.333. The highest BCUT2D eigenvalue weighted by atomic mass is 35.5. The summed E-state index contributed by atoms with van der Waals surface area (Å²) in [4.78, 5) is 17.3. The first-order valence-corrected chi connectivity index (χ1v) is 12.5. The van der Waals surface area contributed by atoms with Gasteiger partial charge in [0.2, 0.25) is 5.82 Å². The van der Waals surface area contributed by atoms with Gasteiger partial charge in [-0.3, -0.25) is 4.79 Å². The molecule has 1 aliphatic heterocycles. The monoisotopic (exact) mass is 577 g/mol. The number of likely N-dealkylation sites (tertiary alicyclic amines) is 1. The lowest BCUT2D eigenvalue weighted by Crippen LogP contribution is -2.38. The zero-order chi connectivity index (χ0) is 27.6. The number of hydrogen-bond acceptors (Lipinski definition) is 7. The molecule has 2 N–H and O–H groups in total. The molecule has 0 aliphatic carbocycles. The third-order valence-electron chi connectivity index (χ3n) is 6.75. The number of aliphatic hydroxyl groups excluding tert-OH is 1. The number of aliphatic carboxylic acids is 1. The summed E-state index contributed by atoms with van der Waals surface area (Å²) in [5, 5.41) is 27.6. The number of piperidine rings is 1. The van der Waals surface area contributed by atoms with E-state index in [-0.39, 0.29) is 47.7 Å². The van der Waals surface area contributed by atoms with Crippen molar-refractivity contribution in [3.8, 4) is 28.5 Å². The fourth-order valence-electron chi connectivity index (χ4n) is 4.93. The summed E-state index contributed by atoms with van der Waals surface area (Å²) in [5.41, 5.74) is 0.0354. The molecule has 0 unspecified atom stereocenters. The van der Waals surface area contributed by atoms with Gasteiger partial charge in [0.1, 0.15) is 0 Å². The van der Waals surface area contributed by atoms with Crippen molar-refractivity contribution in [3.05, 3.63) is 72.1 Å². The number of β-amino-alcohol motifs (C(OH)–C–C–N with tert-alkyl or cyclic N) is 1. The maximum Gasteiger partial charge on any atom is 0.434 e. The number of para-hydroxylation sites is 1. The first-order chi connectivity index (χ1) is 18.7. The van der Waals surface area contributed by atoms with Gasteiger partial charge in [0.05, 0.1) is 23.6 Å². The Bertz CT molecular complexity index is 1430. The highest BCUT2D eigenvalue weighted by molar-refractivity contribution is 5.85. The number of aliphatic hydroxyl groups is 1. The van der Waals surface area contributed by atoms with E-state index in [4.69, 9.17) is 9.63 Å². The number of halogens is 4. The van der Waals surface area contributed by atoms with E-state index in [1.54, 1.807) is 42.5 Å². The number of rotatable bonds is 8. The van der Waals surface area contributed by atoms with Gasteiger partial charge >= 0.3 is 12.1 Å². The number of carbonyl (C=O) groups is 1. The van der Waals surface area contributed by atoms with Crippen LogP contribution in [0.2, 0.25) is 0 Å². The van der Waals surface area contributed by atoms with E-state index in [9.17, 15) is 23.1 Å². The van der Waals surface area contributed by atoms with Gasteiger partial charge < -0.3 is 19.6 Å². The van der Waals surface area contributed by atoms with Crippen molar-refractivity contribution in [1.29, 1.82) is 0 Å². The number of carboxylic acid groups (broad SMARTS) is 1. The van der Waals surface area contributed by atoms with E-state index in [0.717, 1.165) is 30.3 Å². The van der Waals surface area contributed by atoms with Gasteiger partial charge in [-0.15, -0.1) is 12.4 Å². The summed E-state index contributed by atoms with van der Waals surface area (Å²) >= 11 is 0. The van der Waals surface area contributed by atoms with E-state index in [1.165, 1.54) is 12.1 Å². The van der Waals surface area contributed by atoms with Gasteiger partial charge in [0.25, 0.3) is 5.89 Å². The molecular formula is C27H27ClF3N5O4. The second-order valence-electron chi connectivity index (χ2n) is 9.58. The molecule has 9 nitrogen and oxygen atoms in total. The number of benzene rings is 2. The van der Waals surface area contributed by atoms with Crippen LogP contribution in [0.1, 0.15) is 36.6 Å². The van der Waals surface area contributed by atoms with E-state index in [0.29, 0.717) is 24.2 Å². The van der Waals surface area contributed by atoms with Crippen molar-refractivity contribution in [2.24, 2.45) is 5.92 Å². The molecule has 0 bridgehead atoms. The Morgan fingerprint density at radius 2 is 1.85 bits per heavy atom. The molecular weight excluding hydrogens is 551 g/mol. The van der Waals surface area contributed by atoms with Crippen LogP contribution in [0.4, 0.5) is 13.2 Å². The molecule has 0 radical (unpaired) electrons. The van der Waals surface area contributed by atoms with E-state index in [2.05, 4.69) is 20.1 Å². The largest absolute Gasteiger partial charge is 0.481 e. The Morgan fingerprint density at radius 1 is 1.12 bits per heavy atom. The van der Waals surface area contributed by atoms with Crippen LogP contribution < -0.4 is 0 Å². The molecule has 1 fully saturated rings. The Kier molecular flexibility index (Phi) is 8.92. The van der Waals surface area contributed by atoms with Crippen LogP contribution in [-0.4, -0.2) is 60.6 Å². The second kappa shape index (κ2) is 12.2. The van der Waals surface area contributed by atoms with E-state index in [1.807, 2.05) is 0 Å². The van der Waals surface area contributed by atoms with Gasteiger partial charge in [-0.2, -0.15) is 23.3 Å². The lowest BCUT2D eigenvalue weighted by molar-refractivity contribution is -0.142. The lowest BCUT2D eigenvalue weighted by Gasteiger charge is -2.33. The highest BCUT2D eigenvalue weighted by Crippen LogP contribution is 2.38. The molecule has 2 aromatic heterocycles. The Balaban J connectivity index is 0.00000370. The molecule has 5 rings (SSSR count). The quantitative estimate of drug-likeness (QED) is 0.292. The Morgan fingerprint density at radius 3 is 2.52 bits per heavy atom. The van der Waals surface area contributed by atoms with Crippen molar-refractivity contribution in [3.63, 3.8) is 0 Å². The second-order valence-corrected chi connectivity index (χ2v) is 9.58. The number of hydrogen-bond donors (Lipinski definition) is 2. The van der Waals surface area contributed by atoms with Crippen molar-refractivity contribution in [2.45, 2.75) is 31.5 Å². The van der Waals surface area contributed by atoms with E-state index < -0.39 is 23.9 Å². The molecule has 0 amide bonds. The average Bonchev–Trinajstić information content (AvgIpc) is 3.57. The van der Waals surface area contributed by atoms with Gasteiger partial charge in [-0.25, -0.2) is 4.68 Å². The Hall–Kier alpha value is -3.74. The van der Waals surface area contributed by atoms with Gasteiger partial charge in [-0.05, 0) is 43.0 Å². The number of alkyl halides is 3. The molecule has 0 saturated carbocycles. The van der Waals surface area contributed by atoms with Gasteiger partial charge in [0, 0.05) is 25.1 Å². The van der Waals surface area contributed by atoms with Crippen LogP contribution in [-0.2, 0) is 11.0 Å². The number of aromatic nitrogens is 4. The summed E-state index contributed by atoms with van der Waals surface area (Å²) in [6.07, 6.45) is -2.61. The summed E-state index contributed by atoms with van der Waals surface area (Å²) in [6, 6.07) is 14.7. The molecule has 212 valence electrons. The highest BCUT2D eigenvalue weighted by Gasteiger charge is 2.40. The normalized spacial score (nSPS) is 16.9. The fourth-order valence-corrected chi connectivity index (χ4v) is 4.93. The number of carboxylic acids is 1. The van der Waals surface area contributed by atoms with Crippen LogP contribution in [0.25, 0.3) is 28.5 Å². The molecule has 0 spiro atoms. The SMILES string of the molecule is Cl.O=C(O)C[C@H]1CCCN(C[C@@H](O)c2ccc(-c3noc(-c4cnn(-c5ccccc5)c4C(F)(F)F)n3)cc2)C1. The van der Waals surface area contributed by atoms with Crippen LogP contribution in [0.5, 0.6) is 0 Å². The van der Waals surface area contributed by atoms with Crippen LogP contribution in [0.15, 0.2) is 65.3 Å². The number of nitrogens with zero attached hydrogens (tertiary/aromatic N) is 5. The molecule has 40 heavy (non-hydrogen) atoms. The lowest BCUT2D eigenvalue weighted by atomic mass is 9.94. The molecule has 4 aromatic rings. The molecule has 1 aliphatic rings. The molecule has 2 aromatic carbocycles. The smallest absolute Gasteiger partial charge is 0.434 e. The summed E-state index contributed by atoms with van der Waals surface area (Å²) in [6.45, 7) is 1.78. The van der Waals surface area contributed by atoms with Crippen molar-refractivity contribution in [2.75, 3.05) is 19.6 Å². The third-order valence-corrected chi connectivity index (χ3v) is 6.75. The van der Waals surface area contributed by atoms with Gasteiger partial charge in [-0.1, -0.05) is 47.6 Å². The van der Waals surface area contributed by atoms with Crippen molar-refractivity contribution in [1.82, 2.24) is 24.8 Å². The zero-order valence-corrected chi connectivity index (χ0v) is 22.0. The minimum absolute atomic E-state index is 0. The van der Waals surface area contributed by atoms with E-state index >= 15 is 0 Å². The predicted octanol–water partition coefficient (Wildman–Crippen LogP) is 5.25. The van der Waals surface area contributed by atoms with Crippen molar-refractivity contribution >= 4 is 18.4 Å². The topological polar surface area (TPSA) is 118 Å². The minimum Gasteiger partial charge on any atom is -0.481 e. The summed E-state index contributed by atoms with van der Waals surface area (Å²) < 4.78 is 48.0. The summed E-state index contributed by atoms with van der Waals surface area (Å²) in [7, 11) is 0. The zero-order valence-electron chi connectivity index (χ0n) is 21.2. The maximum absolute atomic E-state index is 14.0. The first kappa shape index (κ1) is 29.2. The molecule has 1 saturated heterocycles. The van der Waals surface area contributed by atoms with Gasteiger partial charge in [0.15, 0.2) is 5.69 Å². The molecule has 3 heterocycles. The third kappa shape index (κ3) is 6.52. The standard InChI is InChI=1S/C27H26F3N5O4.ClH/c28-27(29,30)24-21(14-31-35(24)20-6-2-1-3-7-20)26-32-25(33-39-26)19-10-8-18(9-11-19)22(36)16-34-12-4-5-17(15-34)13-23(37)38;/h1-3,6-11,14,17,22,36H,4-5,12-13,15-16H2,(H,37,38);1H/t17-,22-;/m1./s1. The Labute approximate surface area is 233 Å². The van der Waals surface area contributed by atoms with Crippen LogP contribution in [0, 0.1) is 5.92 Å².